The molecule has 0 aromatic carbocycles. The van der Waals surface area contributed by atoms with E-state index in [9.17, 15) is 23.6 Å². The molecule has 0 amide bonds. The van der Waals surface area contributed by atoms with Crippen LogP contribution in [0.5, 0.6) is 0 Å². The van der Waals surface area contributed by atoms with E-state index in [2.05, 4.69) is 40.7 Å². The van der Waals surface area contributed by atoms with Crippen LogP contribution >= 0.6 is 0 Å². The first-order chi connectivity index (χ1) is 23.4. The molecule has 0 aromatic rings. The van der Waals surface area contributed by atoms with Crippen molar-refractivity contribution in [2.24, 2.45) is 51.2 Å². The first-order valence-electron chi connectivity index (χ1n) is 19.4. The van der Waals surface area contributed by atoms with Crippen molar-refractivity contribution >= 4 is 23.7 Å². The van der Waals surface area contributed by atoms with Crippen LogP contribution in [0.4, 0.5) is 4.39 Å². The Morgan fingerprint density at radius 3 is 2.10 bits per heavy atom. The Morgan fingerprint density at radius 2 is 1.46 bits per heavy atom. The van der Waals surface area contributed by atoms with Crippen LogP contribution in [-0.4, -0.2) is 60.9 Å². The number of allylic oxidation sites excluding steroid dienone is 2. The molecule has 5 fully saturated rings. The average molecular weight is 701 g/mol. The molecule has 6 rings (SSSR count). The topological polar surface area (TPSA) is 105 Å². The zero-order valence-electron chi connectivity index (χ0n) is 31.7. The van der Waals surface area contributed by atoms with Crippen molar-refractivity contribution in [2.45, 2.75) is 163 Å². The minimum Gasteiger partial charge on any atom is -0.456 e. The Bertz CT molecular complexity index is 1390. The molecule has 0 bridgehead atoms. The third-order valence-corrected chi connectivity index (χ3v) is 15.1. The summed E-state index contributed by atoms with van der Waals surface area (Å²) in [6.45, 7) is 14.8. The monoisotopic (exact) mass is 700 g/mol. The van der Waals surface area contributed by atoms with E-state index >= 15 is 0 Å². The van der Waals surface area contributed by atoms with Gasteiger partial charge in [-0.25, -0.2) is 4.39 Å². The normalized spacial score (nSPS) is 45.1. The van der Waals surface area contributed by atoms with Crippen LogP contribution in [0.25, 0.3) is 0 Å². The van der Waals surface area contributed by atoms with E-state index in [1.165, 1.54) is 27.2 Å². The summed E-state index contributed by atoms with van der Waals surface area (Å²) in [5.74, 6) is 0.700. The second-order valence-electron chi connectivity index (χ2n) is 18.4. The SMILES string of the molecule is CC(=O)OC1C(CF)OC(CCC23CCC4C(=CCC5C4(C)CCC4C(C)C(=O)CCC45C)C2CC(C)(C)CC3)C(OC(C)=O)C1OC(C)=O. The maximum Gasteiger partial charge on any atom is 0.303 e. The average Bonchev–Trinajstić information content (AvgIpc) is 3.03. The number of rotatable bonds is 7. The number of halogens is 1. The summed E-state index contributed by atoms with van der Waals surface area (Å²) in [5.41, 5.74) is 2.25. The number of fused-ring (bicyclic) bond motifs is 7. The van der Waals surface area contributed by atoms with E-state index in [1.54, 1.807) is 5.57 Å². The maximum absolute atomic E-state index is 14.5. The highest BCUT2D eigenvalue weighted by molar-refractivity contribution is 5.82. The van der Waals surface area contributed by atoms with Crippen molar-refractivity contribution in [3.63, 3.8) is 0 Å². The van der Waals surface area contributed by atoms with Crippen molar-refractivity contribution in [2.75, 3.05) is 6.67 Å². The zero-order valence-corrected chi connectivity index (χ0v) is 31.7. The van der Waals surface area contributed by atoms with Gasteiger partial charge in [0.1, 0.15) is 18.6 Å². The summed E-state index contributed by atoms with van der Waals surface area (Å²) in [6.07, 6.45) is 9.22. The van der Waals surface area contributed by atoms with E-state index < -0.39 is 55.1 Å². The first kappa shape index (κ1) is 37.5. The van der Waals surface area contributed by atoms with Gasteiger partial charge in [0.05, 0.1) is 6.10 Å². The summed E-state index contributed by atoms with van der Waals surface area (Å²) in [5, 5.41) is 0. The zero-order chi connectivity index (χ0) is 36.4. The van der Waals surface area contributed by atoms with E-state index in [0.29, 0.717) is 42.3 Å². The minimum atomic E-state index is -1.23. The lowest BCUT2D eigenvalue weighted by molar-refractivity contribution is -0.250. The Morgan fingerprint density at radius 1 is 0.820 bits per heavy atom. The van der Waals surface area contributed by atoms with Crippen molar-refractivity contribution < 1.29 is 42.5 Å². The fourth-order valence-corrected chi connectivity index (χ4v) is 12.7. The van der Waals surface area contributed by atoms with Crippen LogP contribution in [0.15, 0.2) is 11.6 Å². The molecule has 0 spiro atoms. The van der Waals surface area contributed by atoms with Gasteiger partial charge in [-0.15, -0.1) is 0 Å². The molecule has 5 aliphatic carbocycles. The van der Waals surface area contributed by atoms with Gasteiger partial charge >= 0.3 is 17.9 Å². The van der Waals surface area contributed by atoms with Crippen LogP contribution in [-0.2, 0) is 38.1 Å². The standard InChI is InChI=1S/C41H61FO8/c1-23-28-11-15-40(8)29-12-17-41(20-19-38(5,6)21-30(41)27(29)9-10-34(40)39(28,7)16-13-31(23)46)18-14-32-35(47-24(2)43)37(49-26(4)45)36(48-25(3)44)33(22-42)50-32/h9,23,28-30,32-37H,10-22H2,1-8H3. The third kappa shape index (κ3) is 6.48. The van der Waals surface area contributed by atoms with Crippen LogP contribution < -0.4 is 0 Å². The predicted octanol–water partition coefficient (Wildman–Crippen LogP) is 7.89. The van der Waals surface area contributed by atoms with Gasteiger partial charge < -0.3 is 18.9 Å². The minimum absolute atomic E-state index is 0.0208. The number of ketones is 1. The first-order valence-corrected chi connectivity index (χ1v) is 19.4. The number of hydrogen-bond donors (Lipinski definition) is 0. The van der Waals surface area contributed by atoms with Crippen molar-refractivity contribution in [1.29, 1.82) is 0 Å². The van der Waals surface area contributed by atoms with Crippen LogP contribution in [0.3, 0.4) is 0 Å². The molecule has 13 atom stereocenters. The van der Waals surface area contributed by atoms with Gasteiger partial charge in [0.25, 0.3) is 0 Å². The Labute approximate surface area is 298 Å². The molecule has 50 heavy (non-hydrogen) atoms. The maximum atomic E-state index is 14.5. The molecule has 0 radical (unpaired) electrons. The Balaban J connectivity index is 1.30. The Kier molecular flexibility index (Phi) is 10.2. The summed E-state index contributed by atoms with van der Waals surface area (Å²) >= 11 is 0. The molecule has 6 aliphatic rings. The van der Waals surface area contributed by atoms with Gasteiger partial charge in [0.2, 0.25) is 0 Å². The lowest BCUT2D eigenvalue weighted by Crippen LogP contribution is -2.62. The number of ether oxygens (including phenoxy) is 4. The molecule has 280 valence electrons. The van der Waals surface area contributed by atoms with Crippen molar-refractivity contribution in [1.82, 2.24) is 0 Å². The van der Waals surface area contributed by atoms with Crippen LogP contribution in [0.2, 0.25) is 0 Å². The number of alkyl halides is 1. The number of esters is 3. The number of carbonyl (C=O) groups excluding carboxylic acids is 4. The number of hydrogen-bond acceptors (Lipinski definition) is 8. The molecule has 8 nitrogen and oxygen atoms in total. The van der Waals surface area contributed by atoms with Gasteiger partial charge in [-0.3, -0.25) is 19.2 Å². The van der Waals surface area contributed by atoms with E-state index in [0.717, 1.165) is 57.8 Å². The highest BCUT2D eigenvalue weighted by Crippen LogP contribution is 2.71. The van der Waals surface area contributed by atoms with E-state index in [4.69, 9.17) is 18.9 Å². The molecule has 9 heteroatoms. The number of Topliss-reactive ketones (excluding diaryl/α,β-unsaturated/α-hetero) is 1. The summed E-state index contributed by atoms with van der Waals surface area (Å²) in [4.78, 5) is 49.5. The van der Waals surface area contributed by atoms with Crippen molar-refractivity contribution in [3.05, 3.63) is 11.6 Å². The molecule has 0 aromatic heterocycles. The van der Waals surface area contributed by atoms with Gasteiger partial charge in [-0.1, -0.05) is 46.3 Å². The molecule has 0 N–H and O–H groups in total. The predicted molar refractivity (Wildman–Crippen MR) is 185 cm³/mol. The third-order valence-electron chi connectivity index (χ3n) is 15.1. The molecule has 4 saturated carbocycles. The van der Waals surface area contributed by atoms with Gasteiger partial charge in [-0.2, -0.15) is 0 Å². The fraction of sp³-hybridized carbons (Fsp3) is 0.854. The van der Waals surface area contributed by atoms with Gasteiger partial charge in [-0.05, 0) is 116 Å². The lowest BCUT2D eigenvalue weighted by Gasteiger charge is -2.66. The van der Waals surface area contributed by atoms with Crippen LogP contribution in [0.1, 0.15) is 132 Å². The van der Waals surface area contributed by atoms with Crippen molar-refractivity contribution in [3.8, 4) is 0 Å². The molecule has 1 saturated heterocycles. The summed E-state index contributed by atoms with van der Waals surface area (Å²) in [6, 6.07) is 0. The highest BCUT2D eigenvalue weighted by atomic mass is 19.1. The second-order valence-corrected chi connectivity index (χ2v) is 18.4. The summed E-state index contributed by atoms with van der Waals surface area (Å²) < 4.78 is 37.7. The van der Waals surface area contributed by atoms with E-state index in [-0.39, 0.29) is 27.6 Å². The smallest absolute Gasteiger partial charge is 0.303 e. The largest absolute Gasteiger partial charge is 0.456 e. The lowest BCUT2D eigenvalue weighted by atomic mass is 9.38. The molecule has 1 aliphatic heterocycles. The molecular weight excluding hydrogens is 639 g/mol. The fourth-order valence-electron chi connectivity index (χ4n) is 12.7. The van der Waals surface area contributed by atoms with E-state index in [1.807, 2.05) is 0 Å². The number of carbonyl (C=O) groups is 4. The molecule has 13 unspecified atom stereocenters. The van der Waals surface area contributed by atoms with Gasteiger partial charge in [0, 0.05) is 33.1 Å². The summed E-state index contributed by atoms with van der Waals surface area (Å²) in [7, 11) is 0. The quantitative estimate of drug-likeness (QED) is 0.150. The highest BCUT2D eigenvalue weighted by Gasteiger charge is 2.63. The van der Waals surface area contributed by atoms with Crippen LogP contribution in [0, 0.1) is 51.2 Å². The Hall–Kier alpha value is -2.29. The molecule has 1 heterocycles. The van der Waals surface area contributed by atoms with Gasteiger partial charge in [0.15, 0.2) is 18.3 Å². The second kappa shape index (κ2) is 13.6. The molecular formula is C41H61FO8.